The van der Waals surface area contributed by atoms with Crippen molar-refractivity contribution in [2.45, 2.75) is 142 Å². The molecule has 0 aromatic rings. The molecule has 4 aliphatic carbocycles. The van der Waals surface area contributed by atoms with Gasteiger partial charge in [-0.2, -0.15) is 0 Å². The largest absolute Gasteiger partial charge is 0.415 e. The molecule has 198 valence electrons. The Kier molecular flexibility index (Phi) is 7.36. The Morgan fingerprint density at radius 2 is 1.21 bits per heavy atom. The Hall–Kier alpha value is 0.531. The van der Waals surface area contributed by atoms with Crippen LogP contribution in [-0.2, 0) is 13.3 Å². The van der Waals surface area contributed by atoms with Gasteiger partial charge in [-0.25, -0.2) is 0 Å². The minimum Gasteiger partial charge on any atom is -0.415 e. The standard InChI is InChI=1S/C28H56O3Si3/c1-27-16-14-21(29-32(3,4)5)18-20(27)12-13-22-23(27)15-17-28(2)25(31-34(9,10)11)19-24(26(22)28)30-33(6,7)8/h20-26H,12-19H2,1-11H3/t20-,21-,22?,23?,24-,25-,26?,27-,28+/m0/s1. The molecule has 0 bridgehead atoms. The van der Waals surface area contributed by atoms with Crippen LogP contribution in [0.25, 0.3) is 0 Å². The van der Waals surface area contributed by atoms with E-state index < -0.39 is 25.0 Å². The van der Waals surface area contributed by atoms with Crippen LogP contribution >= 0.6 is 0 Å². The summed E-state index contributed by atoms with van der Waals surface area (Å²) >= 11 is 0. The van der Waals surface area contributed by atoms with Gasteiger partial charge in [-0.05, 0) is 145 Å². The number of hydrogen-bond donors (Lipinski definition) is 0. The normalized spacial score (nSPS) is 45.4. The van der Waals surface area contributed by atoms with Crippen LogP contribution in [-0.4, -0.2) is 43.3 Å². The topological polar surface area (TPSA) is 27.7 Å². The first-order valence-corrected chi connectivity index (χ1v) is 24.7. The average molecular weight is 525 g/mol. The molecule has 3 nitrogen and oxygen atoms in total. The van der Waals surface area contributed by atoms with Crippen LogP contribution in [0.2, 0.25) is 58.9 Å². The molecular formula is C28H56O3Si3. The van der Waals surface area contributed by atoms with E-state index >= 15 is 0 Å². The van der Waals surface area contributed by atoms with Crippen LogP contribution in [0.1, 0.15) is 65.2 Å². The second-order valence-corrected chi connectivity index (χ2v) is 29.4. The molecule has 4 aliphatic rings. The van der Waals surface area contributed by atoms with Crippen LogP contribution in [0.4, 0.5) is 0 Å². The van der Waals surface area contributed by atoms with Gasteiger partial charge in [0.2, 0.25) is 0 Å². The summed E-state index contributed by atoms with van der Waals surface area (Å²) in [5.74, 6) is 3.19. The van der Waals surface area contributed by atoms with Crippen molar-refractivity contribution in [3.05, 3.63) is 0 Å². The molecule has 0 aromatic heterocycles. The molecule has 0 heterocycles. The van der Waals surface area contributed by atoms with Gasteiger partial charge in [-0.3, -0.25) is 0 Å². The van der Waals surface area contributed by atoms with Crippen molar-refractivity contribution in [1.29, 1.82) is 0 Å². The van der Waals surface area contributed by atoms with E-state index in [4.69, 9.17) is 13.3 Å². The van der Waals surface area contributed by atoms with Crippen molar-refractivity contribution in [1.82, 2.24) is 0 Å². The highest BCUT2D eigenvalue weighted by atomic mass is 28.4. The summed E-state index contributed by atoms with van der Waals surface area (Å²) in [4.78, 5) is 0. The van der Waals surface area contributed by atoms with Crippen LogP contribution in [0.15, 0.2) is 0 Å². The highest BCUT2D eigenvalue weighted by Gasteiger charge is 2.64. The molecule has 6 heteroatoms. The van der Waals surface area contributed by atoms with Crippen LogP contribution in [0, 0.1) is 34.5 Å². The summed E-state index contributed by atoms with van der Waals surface area (Å²) in [5, 5.41) is 0. The first-order chi connectivity index (χ1) is 15.4. The zero-order valence-corrected chi connectivity index (χ0v) is 27.4. The lowest BCUT2D eigenvalue weighted by molar-refractivity contribution is -0.141. The van der Waals surface area contributed by atoms with E-state index in [1.54, 1.807) is 0 Å². The molecule has 3 unspecified atom stereocenters. The molecule has 0 N–H and O–H groups in total. The summed E-state index contributed by atoms with van der Waals surface area (Å²) in [6.07, 6.45) is 11.9. The van der Waals surface area contributed by atoms with Gasteiger partial charge in [0.1, 0.15) is 0 Å². The van der Waals surface area contributed by atoms with E-state index in [1.807, 2.05) is 0 Å². The molecule has 4 saturated carbocycles. The van der Waals surface area contributed by atoms with E-state index in [0.29, 0.717) is 29.6 Å². The maximum absolute atomic E-state index is 7.03. The first-order valence-electron chi connectivity index (χ1n) is 14.4. The summed E-state index contributed by atoms with van der Waals surface area (Å²) in [5.41, 5.74) is 0.776. The zero-order valence-electron chi connectivity index (χ0n) is 24.4. The molecule has 0 spiro atoms. The Balaban J connectivity index is 1.59. The molecule has 4 fully saturated rings. The highest BCUT2D eigenvalue weighted by molar-refractivity contribution is 6.70. The minimum atomic E-state index is -1.62. The van der Waals surface area contributed by atoms with Crippen LogP contribution in [0.5, 0.6) is 0 Å². The van der Waals surface area contributed by atoms with Crippen molar-refractivity contribution in [2.75, 3.05) is 0 Å². The van der Waals surface area contributed by atoms with E-state index in [1.165, 1.54) is 44.9 Å². The van der Waals surface area contributed by atoms with Gasteiger partial charge < -0.3 is 13.3 Å². The van der Waals surface area contributed by atoms with Crippen molar-refractivity contribution in [3.8, 4) is 0 Å². The third-order valence-electron chi connectivity index (χ3n) is 10.0. The van der Waals surface area contributed by atoms with Gasteiger partial charge >= 0.3 is 0 Å². The Bertz CT molecular complexity index is 739. The van der Waals surface area contributed by atoms with E-state index in [0.717, 1.165) is 24.2 Å². The lowest BCUT2D eigenvalue weighted by atomic mass is 9.45. The third-order valence-corrected chi connectivity index (χ3v) is 13.1. The number of rotatable bonds is 6. The molecule has 34 heavy (non-hydrogen) atoms. The summed E-state index contributed by atoms with van der Waals surface area (Å²) in [7, 11) is -4.69. The van der Waals surface area contributed by atoms with Gasteiger partial charge in [0, 0.05) is 6.10 Å². The van der Waals surface area contributed by atoms with Crippen molar-refractivity contribution >= 4 is 25.0 Å². The molecule has 0 radical (unpaired) electrons. The van der Waals surface area contributed by atoms with E-state index in [-0.39, 0.29) is 5.41 Å². The van der Waals surface area contributed by atoms with Gasteiger partial charge in [-0.1, -0.05) is 13.8 Å². The Morgan fingerprint density at radius 1 is 0.618 bits per heavy atom. The Labute approximate surface area is 214 Å². The smallest absolute Gasteiger partial charge is 0.184 e. The average Bonchev–Trinajstić information content (AvgIpc) is 2.89. The van der Waals surface area contributed by atoms with Crippen molar-refractivity contribution in [3.63, 3.8) is 0 Å². The first kappa shape index (κ1) is 27.6. The molecule has 9 atom stereocenters. The van der Waals surface area contributed by atoms with E-state index in [2.05, 4.69) is 72.8 Å². The van der Waals surface area contributed by atoms with Crippen LogP contribution < -0.4 is 0 Å². The second kappa shape index (κ2) is 9.07. The van der Waals surface area contributed by atoms with Gasteiger partial charge in [0.25, 0.3) is 0 Å². The van der Waals surface area contributed by atoms with Crippen molar-refractivity contribution < 1.29 is 13.3 Å². The summed E-state index contributed by atoms with van der Waals surface area (Å²) < 4.78 is 20.6. The zero-order chi connectivity index (χ0) is 25.3. The lowest BCUT2D eigenvalue weighted by Gasteiger charge is -2.61. The summed E-state index contributed by atoms with van der Waals surface area (Å²) in [6.45, 7) is 26.6. The second-order valence-electron chi connectivity index (χ2n) is 16.0. The van der Waals surface area contributed by atoms with Crippen LogP contribution in [0.3, 0.4) is 0 Å². The van der Waals surface area contributed by atoms with Crippen molar-refractivity contribution in [2.24, 2.45) is 34.5 Å². The number of fused-ring (bicyclic) bond motifs is 5. The number of hydrogen-bond acceptors (Lipinski definition) is 3. The quantitative estimate of drug-likeness (QED) is 0.327. The monoisotopic (exact) mass is 524 g/mol. The minimum absolute atomic E-state index is 0.285. The maximum Gasteiger partial charge on any atom is 0.184 e. The molecule has 4 rings (SSSR count). The molecular weight excluding hydrogens is 469 g/mol. The molecule has 0 aliphatic heterocycles. The molecule has 0 aromatic carbocycles. The molecule has 0 amide bonds. The predicted octanol–water partition coefficient (Wildman–Crippen LogP) is 8.30. The third kappa shape index (κ3) is 5.52. The van der Waals surface area contributed by atoms with Gasteiger partial charge in [0.05, 0.1) is 12.2 Å². The SMILES string of the molecule is C[C@]12CCC3C(CC[C@H]4C[C@@H](O[Si](C)(C)C)CC[C@]34C)C1[C@@H](O[Si](C)(C)C)C[C@@H]2O[Si](C)(C)C. The fraction of sp³-hybridized carbons (Fsp3) is 1.00. The molecule has 0 saturated heterocycles. The predicted molar refractivity (Wildman–Crippen MR) is 152 cm³/mol. The van der Waals surface area contributed by atoms with Gasteiger partial charge in [0.15, 0.2) is 25.0 Å². The Morgan fingerprint density at radius 3 is 1.79 bits per heavy atom. The lowest BCUT2D eigenvalue weighted by Crippen LogP contribution is -2.57. The maximum atomic E-state index is 7.03. The fourth-order valence-corrected chi connectivity index (χ4v) is 12.6. The summed E-state index contributed by atoms with van der Waals surface area (Å²) in [6, 6.07) is 0. The van der Waals surface area contributed by atoms with Gasteiger partial charge in [-0.15, -0.1) is 0 Å². The fourth-order valence-electron chi connectivity index (χ4n) is 8.99. The van der Waals surface area contributed by atoms with E-state index in [9.17, 15) is 0 Å². The highest BCUT2D eigenvalue weighted by Crippen LogP contribution is 2.67.